The lowest BCUT2D eigenvalue weighted by atomic mass is 10.1. The summed E-state index contributed by atoms with van der Waals surface area (Å²) in [5.74, 6) is 6.70. The molecule has 1 aromatic heterocycles. The predicted octanol–water partition coefficient (Wildman–Crippen LogP) is 2.35. The number of aromatic nitrogens is 2. The summed E-state index contributed by atoms with van der Waals surface area (Å²) >= 11 is 0. The summed E-state index contributed by atoms with van der Waals surface area (Å²) in [7, 11) is 0. The number of nitriles is 1. The van der Waals surface area contributed by atoms with Crippen molar-refractivity contribution in [1.29, 1.82) is 5.26 Å². The van der Waals surface area contributed by atoms with Gasteiger partial charge >= 0.3 is 0 Å². The molecular weight excluding hydrogens is 254 g/mol. The van der Waals surface area contributed by atoms with Gasteiger partial charge in [-0.3, -0.25) is 5.43 Å². The normalized spacial score (nSPS) is 9.95. The first-order chi connectivity index (χ1) is 9.55. The third kappa shape index (κ3) is 2.68. The SMILES string of the molecule is Cc1cnc(NN)nc1Oc1c(C)cc(C#N)cc1C. The van der Waals surface area contributed by atoms with Crippen LogP contribution in [-0.2, 0) is 0 Å². The number of hydrogen-bond acceptors (Lipinski definition) is 6. The molecule has 1 heterocycles. The average Bonchev–Trinajstić information content (AvgIpc) is 2.44. The number of benzene rings is 1. The zero-order valence-corrected chi connectivity index (χ0v) is 11.6. The van der Waals surface area contributed by atoms with E-state index in [4.69, 9.17) is 15.8 Å². The van der Waals surface area contributed by atoms with Crippen LogP contribution < -0.4 is 16.0 Å². The monoisotopic (exact) mass is 269 g/mol. The van der Waals surface area contributed by atoms with Gasteiger partial charge in [-0.25, -0.2) is 10.8 Å². The summed E-state index contributed by atoms with van der Waals surface area (Å²) < 4.78 is 5.86. The Morgan fingerprint density at radius 1 is 1.20 bits per heavy atom. The largest absolute Gasteiger partial charge is 0.438 e. The summed E-state index contributed by atoms with van der Waals surface area (Å²) in [5.41, 5.74) is 5.54. The molecule has 0 bridgehead atoms. The number of nitrogens with two attached hydrogens (primary N) is 1. The highest BCUT2D eigenvalue weighted by Crippen LogP contribution is 2.30. The van der Waals surface area contributed by atoms with E-state index in [1.807, 2.05) is 20.8 Å². The van der Waals surface area contributed by atoms with E-state index in [2.05, 4.69) is 21.5 Å². The number of nitrogen functional groups attached to an aromatic ring is 1. The fraction of sp³-hybridized carbons (Fsp3) is 0.214. The maximum atomic E-state index is 8.95. The standard InChI is InChI=1S/C14H15N5O/c1-8-4-11(6-15)5-9(2)12(8)20-13-10(3)7-17-14(18-13)19-16/h4-5,7H,16H2,1-3H3,(H,17,18,19). The van der Waals surface area contributed by atoms with Gasteiger partial charge < -0.3 is 4.74 Å². The van der Waals surface area contributed by atoms with E-state index in [1.54, 1.807) is 18.3 Å². The Hall–Kier alpha value is -2.65. The minimum absolute atomic E-state index is 0.287. The Morgan fingerprint density at radius 3 is 2.40 bits per heavy atom. The molecule has 20 heavy (non-hydrogen) atoms. The van der Waals surface area contributed by atoms with Crippen LogP contribution >= 0.6 is 0 Å². The fourth-order valence-corrected chi connectivity index (χ4v) is 1.87. The molecule has 0 unspecified atom stereocenters. The Morgan fingerprint density at radius 2 is 1.85 bits per heavy atom. The molecule has 0 spiro atoms. The summed E-state index contributed by atoms with van der Waals surface area (Å²) in [6, 6.07) is 5.68. The van der Waals surface area contributed by atoms with Gasteiger partial charge in [0.2, 0.25) is 11.8 Å². The molecular formula is C14H15N5O. The average molecular weight is 269 g/mol. The maximum Gasteiger partial charge on any atom is 0.240 e. The second-order valence-corrected chi connectivity index (χ2v) is 4.48. The number of ether oxygens (including phenoxy) is 1. The molecule has 0 aliphatic heterocycles. The minimum atomic E-state index is 0.287. The van der Waals surface area contributed by atoms with E-state index >= 15 is 0 Å². The van der Waals surface area contributed by atoms with Crippen LogP contribution in [0.4, 0.5) is 5.95 Å². The highest BCUT2D eigenvalue weighted by atomic mass is 16.5. The third-order valence-electron chi connectivity index (χ3n) is 2.84. The van der Waals surface area contributed by atoms with Crippen molar-refractivity contribution in [3.05, 3.63) is 40.6 Å². The molecule has 0 aliphatic rings. The van der Waals surface area contributed by atoms with Crippen molar-refractivity contribution in [1.82, 2.24) is 9.97 Å². The number of anilines is 1. The van der Waals surface area contributed by atoms with Crippen molar-refractivity contribution in [3.63, 3.8) is 0 Å². The van der Waals surface area contributed by atoms with Gasteiger partial charge in [-0.1, -0.05) is 0 Å². The Labute approximate surface area is 117 Å². The molecule has 0 saturated heterocycles. The lowest BCUT2D eigenvalue weighted by Crippen LogP contribution is -2.11. The third-order valence-corrected chi connectivity index (χ3v) is 2.84. The van der Waals surface area contributed by atoms with E-state index in [9.17, 15) is 0 Å². The van der Waals surface area contributed by atoms with Crippen molar-refractivity contribution in [2.75, 3.05) is 5.43 Å². The van der Waals surface area contributed by atoms with Crippen LogP contribution in [-0.4, -0.2) is 9.97 Å². The van der Waals surface area contributed by atoms with Crippen LogP contribution in [0.5, 0.6) is 11.6 Å². The molecule has 0 atom stereocenters. The number of nitrogens with zero attached hydrogens (tertiary/aromatic N) is 3. The number of hydrogen-bond donors (Lipinski definition) is 2. The Balaban J connectivity index is 2.43. The second-order valence-electron chi connectivity index (χ2n) is 4.48. The molecule has 0 aliphatic carbocycles. The predicted molar refractivity (Wildman–Crippen MR) is 75.3 cm³/mol. The fourth-order valence-electron chi connectivity index (χ4n) is 1.87. The van der Waals surface area contributed by atoms with Gasteiger partial charge in [0.1, 0.15) is 5.75 Å². The molecule has 102 valence electrons. The minimum Gasteiger partial charge on any atom is -0.438 e. The van der Waals surface area contributed by atoms with Crippen molar-refractivity contribution in [2.45, 2.75) is 20.8 Å². The second kappa shape index (κ2) is 5.55. The van der Waals surface area contributed by atoms with Gasteiger partial charge in [0.15, 0.2) is 0 Å². The smallest absolute Gasteiger partial charge is 0.240 e. The zero-order chi connectivity index (χ0) is 14.7. The summed E-state index contributed by atoms with van der Waals surface area (Å²) in [6.45, 7) is 5.63. The lowest BCUT2D eigenvalue weighted by molar-refractivity contribution is 0.451. The number of hydrazine groups is 1. The summed E-state index contributed by atoms with van der Waals surface area (Å²) in [5, 5.41) is 8.95. The van der Waals surface area contributed by atoms with Crippen LogP contribution in [0, 0.1) is 32.1 Å². The molecule has 1 aromatic carbocycles. The van der Waals surface area contributed by atoms with Crippen molar-refractivity contribution in [2.24, 2.45) is 5.84 Å². The highest BCUT2D eigenvalue weighted by molar-refractivity contribution is 5.49. The van der Waals surface area contributed by atoms with Crippen molar-refractivity contribution >= 4 is 5.95 Å². The van der Waals surface area contributed by atoms with E-state index in [0.717, 1.165) is 16.7 Å². The van der Waals surface area contributed by atoms with Gasteiger partial charge in [0, 0.05) is 11.8 Å². The van der Waals surface area contributed by atoms with Crippen LogP contribution in [0.15, 0.2) is 18.3 Å². The van der Waals surface area contributed by atoms with Gasteiger partial charge in [-0.05, 0) is 44.0 Å². The Kier molecular flexibility index (Phi) is 3.82. The van der Waals surface area contributed by atoms with Gasteiger partial charge in [-0.2, -0.15) is 10.2 Å². The number of nitrogens with one attached hydrogen (secondary N) is 1. The van der Waals surface area contributed by atoms with Gasteiger partial charge in [-0.15, -0.1) is 0 Å². The summed E-state index contributed by atoms with van der Waals surface area (Å²) in [6.07, 6.45) is 1.63. The zero-order valence-electron chi connectivity index (χ0n) is 11.6. The lowest BCUT2D eigenvalue weighted by Gasteiger charge is -2.13. The quantitative estimate of drug-likeness (QED) is 0.655. The van der Waals surface area contributed by atoms with Crippen LogP contribution in [0.2, 0.25) is 0 Å². The molecule has 2 rings (SSSR count). The number of aryl methyl sites for hydroxylation is 3. The first kappa shape index (κ1) is 13.8. The topological polar surface area (TPSA) is 96.8 Å². The van der Waals surface area contributed by atoms with E-state index in [0.29, 0.717) is 17.2 Å². The molecule has 0 radical (unpaired) electrons. The molecule has 6 heteroatoms. The van der Waals surface area contributed by atoms with Gasteiger partial charge in [0.05, 0.1) is 11.6 Å². The molecule has 2 aromatic rings. The van der Waals surface area contributed by atoms with Crippen LogP contribution in [0.1, 0.15) is 22.3 Å². The Bertz CT molecular complexity index is 667. The van der Waals surface area contributed by atoms with E-state index in [1.165, 1.54) is 0 Å². The number of rotatable bonds is 3. The molecule has 0 fully saturated rings. The molecule has 0 saturated carbocycles. The molecule has 6 nitrogen and oxygen atoms in total. The van der Waals surface area contributed by atoms with Crippen LogP contribution in [0.3, 0.4) is 0 Å². The van der Waals surface area contributed by atoms with Crippen LogP contribution in [0.25, 0.3) is 0 Å². The molecule has 3 N–H and O–H groups in total. The maximum absolute atomic E-state index is 8.95. The van der Waals surface area contributed by atoms with E-state index < -0.39 is 0 Å². The van der Waals surface area contributed by atoms with Crippen molar-refractivity contribution < 1.29 is 4.74 Å². The van der Waals surface area contributed by atoms with Crippen molar-refractivity contribution in [3.8, 4) is 17.7 Å². The first-order valence-electron chi connectivity index (χ1n) is 6.04. The summed E-state index contributed by atoms with van der Waals surface area (Å²) in [4.78, 5) is 8.18. The first-order valence-corrected chi connectivity index (χ1v) is 6.04. The van der Waals surface area contributed by atoms with Gasteiger partial charge in [0.25, 0.3) is 0 Å². The molecule has 0 amide bonds. The highest BCUT2D eigenvalue weighted by Gasteiger charge is 2.11. The van der Waals surface area contributed by atoms with E-state index in [-0.39, 0.29) is 5.95 Å².